The van der Waals surface area contributed by atoms with Crippen molar-refractivity contribution < 1.29 is 9.18 Å². The number of piperazine rings is 1. The second kappa shape index (κ2) is 8.24. The molecule has 0 atom stereocenters. The standard InChI is InChI=1S/C21H25FN6O/c1-15-18(16(2)28-21(25-15)23-14-24-28)7-8-20(29)27-11-9-26(10-12-27)13-17-5-3-4-6-19(17)22/h3-6,14H,7-13H2,1-2H3. The van der Waals surface area contributed by atoms with E-state index in [1.165, 1.54) is 12.4 Å². The average Bonchev–Trinajstić information content (AvgIpc) is 3.18. The van der Waals surface area contributed by atoms with Gasteiger partial charge in [0.1, 0.15) is 12.1 Å². The number of aryl methyl sites for hydroxylation is 2. The lowest BCUT2D eigenvalue weighted by Gasteiger charge is -2.35. The molecular weight excluding hydrogens is 371 g/mol. The monoisotopic (exact) mass is 396 g/mol. The Hall–Kier alpha value is -2.87. The van der Waals surface area contributed by atoms with E-state index in [4.69, 9.17) is 0 Å². The summed E-state index contributed by atoms with van der Waals surface area (Å²) in [7, 11) is 0. The van der Waals surface area contributed by atoms with Crippen molar-refractivity contribution in [3.8, 4) is 0 Å². The van der Waals surface area contributed by atoms with Crippen LogP contribution in [-0.2, 0) is 17.8 Å². The van der Waals surface area contributed by atoms with Gasteiger partial charge in [-0.1, -0.05) is 18.2 Å². The van der Waals surface area contributed by atoms with E-state index in [1.54, 1.807) is 10.6 Å². The predicted molar refractivity (Wildman–Crippen MR) is 107 cm³/mol. The molecule has 0 N–H and O–H groups in total. The number of carbonyl (C=O) groups is 1. The molecule has 8 heteroatoms. The molecule has 152 valence electrons. The third-order valence-corrected chi connectivity index (χ3v) is 5.65. The Balaban J connectivity index is 1.32. The van der Waals surface area contributed by atoms with Gasteiger partial charge >= 0.3 is 0 Å². The molecular formula is C21H25FN6O. The summed E-state index contributed by atoms with van der Waals surface area (Å²) in [6.07, 6.45) is 2.57. The first-order valence-electron chi connectivity index (χ1n) is 9.92. The lowest BCUT2D eigenvalue weighted by atomic mass is 10.1. The lowest BCUT2D eigenvalue weighted by molar-refractivity contribution is -0.133. The molecule has 29 heavy (non-hydrogen) atoms. The summed E-state index contributed by atoms with van der Waals surface area (Å²) in [5, 5.41) is 4.20. The molecule has 1 aromatic carbocycles. The molecule has 0 saturated carbocycles. The fourth-order valence-electron chi connectivity index (χ4n) is 3.93. The zero-order valence-corrected chi connectivity index (χ0v) is 16.8. The molecule has 0 aliphatic carbocycles. The van der Waals surface area contributed by atoms with Gasteiger partial charge < -0.3 is 4.90 Å². The molecule has 4 rings (SSSR count). The van der Waals surface area contributed by atoms with Gasteiger partial charge in [0.05, 0.1) is 0 Å². The number of benzene rings is 1. The van der Waals surface area contributed by atoms with Crippen molar-refractivity contribution >= 4 is 11.7 Å². The number of hydrogen-bond acceptors (Lipinski definition) is 5. The maximum absolute atomic E-state index is 13.8. The van der Waals surface area contributed by atoms with Gasteiger partial charge in [0.2, 0.25) is 5.91 Å². The zero-order chi connectivity index (χ0) is 20.4. The Morgan fingerprint density at radius 1 is 1.14 bits per heavy atom. The summed E-state index contributed by atoms with van der Waals surface area (Å²) in [5.74, 6) is 0.559. The van der Waals surface area contributed by atoms with Crippen molar-refractivity contribution in [2.75, 3.05) is 26.2 Å². The molecule has 1 fully saturated rings. The van der Waals surface area contributed by atoms with Crippen LogP contribution in [-0.4, -0.2) is 61.5 Å². The van der Waals surface area contributed by atoms with Gasteiger partial charge in [0, 0.05) is 56.1 Å². The number of fused-ring (bicyclic) bond motifs is 1. The molecule has 0 radical (unpaired) electrons. The van der Waals surface area contributed by atoms with Gasteiger partial charge in [-0.15, -0.1) is 0 Å². The molecule has 0 bridgehead atoms. The van der Waals surface area contributed by atoms with E-state index in [0.29, 0.717) is 43.8 Å². The number of hydrogen-bond donors (Lipinski definition) is 0. The topological polar surface area (TPSA) is 66.6 Å². The van der Waals surface area contributed by atoms with E-state index in [1.807, 2.05) is 30.9 Å². The van der Waals surface area contributed by atoms with Crippen LogP contribution in [0.1, 0.15) is 28.9 Å². The van der Waals surface area contributed by atoms with Crippen LogP contribution in [0, 0.1) is 19.7 Å². The van der Waals surface area contributed by atoms with Gasteiger partial charge in [-0.25, -0.2) is 13.9 Å². The van der Waals surface area contributed by atoms with Crippen molar-refractivity contribution in [2.24, 2.45) is 0 Å². The molecule has 1 amide bonds. The normalized spacial score (nSPS) is 15.2. The van der Waals surface area contributed by atoms with Crippen LogP contribution < -0.4 is 0 Å². The molecule has 2 aromatic heterocycles. The summed E-state index contributed by atoms with van der Waals surface area (Å²) in [4.78, 5) is 25.4. The third-order valence-electron chi connectivity index (χ3n) is 5.65. The lowest BCUT2D eigenvalue weighted by Crippen LogP contribution is -2.48. The van der Waals surface area contributed by atoms with Gasteiger partial charge in [-0.05, 0) is 31.9 Å². The quantitative estimate of drug-likeness (QED) is 0.661. The number of amides is 1. The van der Waals surface area contributed by atoms with Crippen molar-refractivity contribution in [2.45, 2.75) is 33.2 Å². The summed E-state index contributed by atoms with van der Waals surface area (Å²) in [6, 6.07) is 6.87. The molecule has 0 spiro atoms. The highest BCUT2D eigenvalue weighted by Gasteiger charge is 2.22. The number of halogens is 1. The van der Waals surface area contributed by atoms with E-state index in [-0.39, 0.29) is 11.7 Å². The first-order chi connectivity index (χ1) is 14.0. The minimum atomic E-state index is -0.172. The minimum Gasteiger partial charge on any atom is -0.340 e. The highest BCUT2D eigenvalue weighted by molar-refractivity contribution is 5.76. The Morgan fingerprint density at radius 2 is 1.90 bits per heavy atom. The van der Waals surface area contributed by atoms with E-state index in [0.717, 1.165) is 30.0 Å². The van der Waals surface area contributed by atoms with Crippen LogP contribution >= 0.6 is 0 Å². The molecule has 3 aromatic rings. The number of rotatable bonds is 5. The van der Waals surface area contributed by atoms with E-state index in [2.05, 4.69) is 20.0 Å². The number of aromatic nitrogens is 4. The van der Waals surface area contributed by atoms with Crippen molar-refractivity contribution in [3.63, 3.8) is 0 Å². The van der Waals surface area contributed by atoms with E-state index in [9.17, 15) is 9.18 Å². The van der Waals surface area contributed by atoms with Crippen LogP contribution in [0.2, 0.25) is 0 Å². The predicted octanol–water partition coefficient (Wildman–Crippen LogP) is 2.16. The summed E-state index contributed by atoms with van der Waals surface area (Å²) in [6.45, 7) is 7.36. The minimum absolute atomic E-state index is 0.146. The van der Waals surface area contributed by atoms with Crippen LogP contribution in [0.15, 0.2) is 30.6 Å². The third kappa shape index (κ3) is 4.12. The van der Waals surface area contributed by atoms with Gasteiger partial charge in [-0.2, -0.15) is 10.1 Å². The van der Waals surface area contributed by atoms with Gasteiger partial charge in [0.25, 0.3) is 5.78 Å². The fraction of sp³-hybridized carbons (Fsp3) is 0.429. The van der Waals surface area contributed by atoms with E-state index >= 15 is 0 Å². The first-order valence-corrected chi connectivity index (χ1v) is 9.92. The SMILES string of the molecule is Cc1nc2ncnn2c(C)c1CCC(=O)N1CCN(Cc2ccccc2F)CC1. The summed E-state index contributed by atoms with van der Waals surface area (Å²) in [5.41, 5.74) is 3.63. The summed E-state index contributed by atoms with van der Waals surface area (Å²) < 4.78 is 15.6. The molecule has 7 nitrogen and oxygen atoms in total. The van der Waals surface area contributed by atoms with Crippen molar-refractivity contribution in [1.82, 2.24) is 29.4 Å². The van der Waals surface area contributed by atoms with Crippen LogP contribution in [0.5, 0.6) is 0 Å². The van der Waals surface area contributed by atoms with Gasteiger partial charge in [-0.3, -0.25) is 9.69 Å². The summed E-state index contributed by atoms with van der Waals surface area (Å²) >= 11 is 0. The molecule has 1 aliphatic rings. The maximum Gasteiger partial charge on any atom is 0.252 e. The number of carbonyl (C=O) groups excluding carboxylic acids is 1. The molecule has 1 saturated heterocycles. The highest BCUT2D eigenvalue weighted by Crippen LogP contribution is 2.17. The Morgan fingerprint density at radius 3 is 2.66 bits per heavy atom. The Labute approximate surface area is 169 Å². The van der Waals surface area contributed by atoms with Crippen LogP contribution in [0.3, 0.4) is 0 Å². The largest absolute Gasteiger partial charge is 0.340 e. The smallest absolute Gasteiger partial charge is 0.252 e. The Bertz CT molecular complexity index is 1030. The fourth-order valence-corrected chi connectivity index (χ4v) is 3.93. The maximum atomic E-state index is 13.8. The second-order valence-corrected chi connectivity index (χ2v) is 7.48. The number of nitrogens with zero attached hydrogens (tertiary/aromatic N) is 6. The molecule has 1 aliphatic heterocycles. The van der Waals surface area contributed by atoms with Crippen LogP contribution in [0.4, 0.5) is 4.39 Å². The zero-order valence-electron chi connectivity index (χ0n) is 16.8. The molecule has 3 heterocycles. The van der Waals surface area contributed by atoms with Crippen molar-refractivity contribution in [3.05, 3.63) is 58.9 Å². The average molecular weight is 396 g/mol. The second-order valence-electron chi connectivity index (χ2n) is 7.48. The van der Waals surface area contributed by atoms with Gasteiger partial charge in [0.15, 0.2) is 0 Å². The molecule has 0 unspecified atom stereocenters. The first kappa shape index (κ1) is 19.4. The van der Waals surface area contributed by atoms with E-state index < -0.39 is 0 Å². The Kier molecular flexibility index (Phi) is 5.53. The van der Waals surface area contributed by atoms with Crippen LogP contribution in [0.25, 0.3) is 5.78 Å². The highest BCUT2D eigenvalue weighted by atomic mass is 19.1. The van der Waals surface area contributed by atoms with Crippen molar-refractivity contribution in [1.29, 1.82) is 0 Å².